The van der Waals surface area contributed by atoms with E-state index >= 15 is 0 Å². The average Bonchev–Trinajstić information content (AvgIpc) is 2.35. The second-order valence-corrected chi connectivity index (χ2v) is 4.60. The van der Waals surface area contributed by atoms with Gasteiger partial charge in [0.1, 0.15) is 0 Å². The Morgan fingerprint density at radius 2 is 1.88 bits per heavy atom. The standard InChI is InChI=1S/C13H27NO2/c1-3-4-6-13(15-2)7-5-8-14-9-11-16-12-10-14/h13H,3-12H2,1-2H3/t13-/m1/s1. The van der Waals surface area contributed by atoms with Gasteiger partial charge in [0, 0.05) is 20.2 Å². The summed E-state index contributed by atoms with van der Waals surface area (Å²) in [6, 6.07) is 0. The smallest absolute Gasteiger partial charge is 0.0594 e. The van der Waals surface area contributed by atoms with Gasteiger partial charge in [-0.05, 0) is 25.8 Å². The molecule has 96 valence electrons. The van der Waals surface area contributed by atoms with Crippen molar-refractivity contribution in [3.8, 4) is 0 Å². The molecule has 1 heterocycles. The summed E-state index contributed by atoms with van der Waals surface area (Å²) in [5, 5.41) is 0. The average molecular weight is 229 g/mol. The van der Waals surface area contributed by atoms with Gasteiger partial charge in [-0.15, -0.1) is 0 Å². The van der Waals surface area contributed by atoms with Gasteiger partial charge in [-0.2, -0.15) is 0 Å². The van der Waals surface area contributed by atoms with E-state index in [1.165, 1.54) is 38.6 Å². The molecule has 1 saturated heterocycles. The number of hydrogen-bond donors (Lipinski definition) is 0. The van der Waals surface area contributed by atoms with Crippen molar-refractivity contribution in [2.45, 2.75) is 45.1 Å². The van der Waals surface area contributed by atoms with Crippen molar-refractivity contribution < 1.29 is 9.47 Å². The predicted octanol–water partition coefficient (Wildman–Crippen LogP) is 2.30. The Bertz CT molecular complexity index is 158. The molecule has 0 bridgehead atoms. The van der Waals surface area contributed by atoms with Crippen molar-refractivity contribution in [3.05, 3.63) is 0 Å². The lowest BCUT2D eigenvalue weighted by Crippen LogP contribution is -2.37. The van der Waals surface area contributed by atoms with Crippen molar-refractivity contribution in [1.29, 1.82) is 0 Å². The van der Waals surface area contributed by atoms with E-state index in [1.807, 2.05) is 7.11 Å². The van der Waals surface area contributed by atoms with Gasteiger partial charge in [-0.25, -0.2) is 0 Å². The maximum absolute atomic E-state index is 5.50. The summed E-state index contributed by atoms with van der Waals surface area (Å²) in [4.78, 5) is 2.50. The van der Waals surface area contributed by atoms with E-state index in [0.29, 0.717) is 6.10 Å². The van der Waals surface area contributed by atoms with Crippen LogP contribution in [0.25, 0.3) is 0 Å². The number of hydrogen-bond acceptors (Lipinski definition) is 3. The Labute approximate surface area is 100 Å². The molecule has 16 heavy (non-hydrogen) atoms. The number of morpholine rings is 1. The van der Waals surface area contributed by atoms with Gasteiger partial charge in [-0.1, -0.05) is 19.8 Å². The van der Waals surface area contributed by atoms with E-state index in [2.05, 4.69) is 11.8 Å². The predicted molar refractivity (Wildman–Crippen MR) is 66.8 cm³/mol. The molecule has 3 heteroatoms. The molecule has 1 aliphatic rings. The summed E-state index contributed by atoms with van der Waals surface area (Å²) in [5.74, 6) is 0. The zero-order valence-electron chi connectivity index (χ0n) is 10.9. The molecule has 0 aromatic carbocycles. The second kappa shape index (κ2) is 8.97. The fraction of sp³-hybridized carbons (Fsp3) is 1.00. The van der Waals surface area contributed by atoms with Crippen LogP contribution in [-0.4, -0.2) is 51.0 Å². The monoisotopic (exact) mass is 229 g/mol. The first-order valence-electron chi connectivity index (χ1n) is 6.69. The van der Waals surface area contributed by atoms with Crippen LogP contribution in [0.2, 0.25) is 0 Å². The van der Waals surface area contributed by atoms with Crippen LogP contribution in [-0.2, 0) is 9.47 Å². The molecule has 0 radical (unpaired) electrons. The first kappa shape index (κ1) is 13.9. The number of rotatable bonds is 8. The SMILES string of the molecule is CCCC[C@H](CCCN1CCOCC1)OC. The molecule has 1 aliphatic heterocycles. The molecule has 0 saturated carbocycles. The summed E-state index contributed by atoms with van der Waals surface area (Å²) < 4.78 is 10.8. The van der Waals surface area contributed by atoms with Crippen molar-refractivity contribution >= 4 is 0 Å². The molecule has 0 amide bonds. The molecule has 1 atom stereocenters. The molecular weight excluding hydrogens is 202 g/mol. The molecule has 0 spiro atoms. The largest absolute Gasteiger partial charge is 0.381 e. The third kappa shape index (κ3) is 5.83. The van der Waals surface area contributed by atoms with Crippen LogP contribution in [0, 0.1) is 0 Å². The molecule has 1 rings (SSSR count). The molecule has 0 unspecified atom stereocenters. The van der Waals surface area contributed by atoms with Gasteiger partial charge < -0.3 is 9.47 Å². The van der Waals surface area contributed by atoms with Crippen LogP contribution in [0.1, 0.15) is 39.0 Å². The highest BCUT2D eigenvalue weighted by Gasteiger charge is 2.11. The van der Waals surface area contributed by atoms with Crippen molar-refractivity contribution in [2.75, 3.05) is 40.0 Å². The second-order valence-electron chi connectivity index (χ2n) is 4.60. The molecule has 0 aromatic heterocycles. The number of methoxy groups -OCH3 is 1. The Kier molecular flexibility index (Phi) is 7.81. The van der Waals surface area contributed by atoms with Crippen LogP contribution in [0.3, 0.4) is 0 Å². The van der Waals surface area contributed by atoms with E-state index in [0.717, 1.165) is 26.3 Å². The molecule has 1 fully saturated rings. The topological polar surface area (TPSA) is 21.7 Å². The maximum Gasteiger partial charge on any atom is 0.0594 e. The van der Waals surface area contributed by atoms with Crippen LogP contribution in [0.15, 0.2) is 0 Å². The van der Waals surface area contributed by atoms with E-state index in [-0.39, 0.29) is 0 Å². The lowest BCUT2D eigenvalue weighted by molar-refractivity contribution is 0.0325. The van der Waals surface area contributed by atoms with Crippen LogP contribution in [0.5, 0.6) is 0 Å². The van der Waals surface area contributed by atoms with E-state index in [9.17, 15) is 0 Å². The number of nitrogens with zero attached hydrogens (tertiary/aromatic N) is 1. The summed E-state index contributed by atoms with van der Waals surface area (Å²) in [7, 11) is 1.84. The maximum atomic E-state index is 5.50. The lowest BCUT2D eigenvalue weighted by Gasteiger charge is -2.27. The van der Waals surface area contributed by atoms with Crippen molar-refractivity contribution in [2.24, 2.45) is 0 Å². The highest BCUT2D eigenvalue weighted by Crippen LogP contribution is 2.11. The normalized spacial score (nSPS) is 19.9. The minimum absolute atomic E-state index is 0.473. The van der Waals surface area contributed by atoms with E-state index < -0.39 is 0 Å². The van der Waals surface area contributed by atoms with Crippen LogP contribution >= 0.6 is 0 Å². The van der Waals surface area contributed by atoms with Gasteiger partial charge in [0.25, 0.3) is 0 Å². The van der Waals surface area contributed by atoms with Gasteiger partial charge in [0.15, 0.2) is 0 Å². The molecule has 0 N–H and O–H groups in total. The Balaban J connectivity index is 2.02. The molecule has 0 aliphatic carbocycles. The van der Waals surface area contributed by atoms with Gasteiger partial charge >= 0.3 is 0 Å². The molecule has 0 aromatic rings. The minimum Gasteiger partial charge on any atom is -0.381 e. The fourth-order valence-electron chi connectivity index (χ4n) is 2.18. The number of ether oxygens (including phenoxy) is 2. The van der Waals surface area contributed by atoms with E-state index in [1.54, 1.807) is 0 Å². The third-order valence-corrected chi connectivity index (χ3v) is 3.32. The zero-order valence-corrected chi connectivity index (χ0v) is 10.9. The minimum atomic E-state index is 0.473. The zero-order chi connectivity index (χ0) is 11.6. The van der Waals surface area contributed by atoms with Crippen molar-refractivity contribution in [3.63, 3.8) is 0 Å². The van der Waals surface area contributed by atoms with Crippen LogP contribution in [0.4, 0.5) is 0 Å². The Hall–Kier alpha value is -0.120. The molecule has 3 nitrogen and oxygen atoms in total. The quantitative estimate of drug-likeness (QED) is 0.637. The number of unbranched alkanes of at least 4 members (excludes halogenated alkanes) is 1. The third-order valence-electron chi connectivity index (χ3n) is 3.32. The Morgan fingerprint density at radius 3 is 2.50 bits per heavy atom. The lowest BCUT2D eigenvalue weighted by atomic mass is 10.1. The first-order chi connectivity index (χ1) is 7.86. The summed E-state index contributed by atoms with van der Waals surface area (Å²) in [6.45, 7) is 7.46. The fourth-order valence-corrected chi connectivity index (χ4v) is 2.18. The van der Waals surface area contributed by atoms with E-state index in [4.69, 9.17) is 9.47 Å². The summed E-state index contributed by atoms with van der Waals surface area (Å²) in [6.07, 6.45) is 6.70. The molecular formula is C13H27NO2. The first-order valence-corrected chi connectivity index (χ1v) is 6.69. The van der Waals surface area contributed by atoms with Crippen LogP contribution < -0.4 is 0 Å². The summed E-state index contributed by atoms with van der Waals surface area (Å²) >= 11 is 0. The Morgan fingerprint density at radius 1 is 1.19 bits per heavy atom. The van der Waals surface area contributed by atoms with Gasteiger partial charge in [0.2, 0.25) is 0 Å². The summed E-state index contributed by atoms with van der Waals surface area (Å²) in [5.41, 5.74) is 0. The van der Waals surface area contributed by atoms with Crippen molar-refractivity contribution in [1.82, 2.24) is 4.90 Å². The highest BCUT2D eigenvalue weighted by molar-refractivity contribution is 4.64. The van der Waals surface area contributed by atoms with Gasteiger partial charge in [-0.3, -0.25) is 4.90 Å². The highest BCUT2D eigenvalue weighted by atomic mass is 16.5. The van der Waals surface area contributed by atoms with Gasteiger partial charge in [0.05, 0.1) is 19.3 Å².